The number of benzene rings is 2. The SMILES string of the molecule is CN(C)C(=O)CC(NC(=O)C=Cc1cc(Cl)ccc1-n1cnnn1)c1cc(-c2ccc(NC(=O)O)cc2)nnc1Cl. The topological polar surface area (TPSA) is 168 Å². The molecular weight excluding hydrogens is 573 g/mol. The van der Waals surface area contributed by atoms with Gasteiger partial charge in [-0.25, -0.2) is 4.79 Å². The summed E-state index contributed by atoms with van der Waals surface area (Å²) >= 11 is 12.6. The van der Waals surface area contributed by atoms with Crippen molar-refractivity contribution in [1.82, 2.24) is 40.6 Å². The largest absolute Gasteiger partial charge is 0.465 e. The minimum Gasteiger partial charge on any atom is -0.465 e. The molecule has 4 aromatic rings. The lowest BCUT2D eigenvalue weighted by Gasteiger charge is -2.21. The summed E-state index contributed by atoms with van der Waals surface area (Å²) in [6.07, 6.45) is 2.96. The number of carboxylic acid groups (broad SMARTS) is 1. The third kappa shape index (κ3) is 7.62. The van der Waals surface area contributed by atoms with Crippen LogP contribution in [-0.2, 0) is 9.59 Å². The van der Waals surface area contributed by atoms with E-state index in [0.29, 0.717) is 38.8 Å². The van der Waals surface area contributed by atoms with Gasteiger partial charge in [0.1, 0.15) is 6.33 Å². The minimum absolute atomic E-state index is 0.00885. The fourth-order valence-corrected chi connectivity index (χ4v) is 4.15. The molecule has 0 aliphatic rings. The average molecular weight is 596 g/mol. The van der Waals surface area contributed by atoms with Crippen LogP contribution in [0.15, 0.2) is 60.9 Å². The monoisotopic (exact) mass is 595 g/mol. The Morgan fingerprint density at radius 2 is 1.83 bits per heavy atom. The molecular formula is C26H23Cl2N9O4. The highest BCUT2D eigenvalue weighted by Gasteiger charge is 2.23. The number of anilines is 1. The van der Waals surface area contributed by atoms with E-state index in [4.69, 9.17) is 28.3 Å². The number of aromatic nitrogens is 6. The van der Waals surface area contributed by atoms with Gasteiger partial charge in [0.25, 0.3) is 0 Å². The Balaban J connectivity index is 1.62. The van der Waals surface area contributed by atoms with Crippen molar-refractivity contribution in [2.75, 3.05) is 19.4 Å². The lowest BCUT2D eigenvalue weighted by atomic mass is 10.0. The van der Waals surface area contributed by atoms with Gasteiger partial charge in [-0.15, -0.1) is 15.3 Å². The first-order valence-electron chi connectivity index (χ1n) is 12.0. The van der Waals surface area contributed by atoms with E-state index in [1.54, 1.807) is 68.7 Å². The number of carbonyl (C=O) groups is 3. The van der Waals surface area contributed by atoms with Gasteiger partial charge in [0.15, 0.2) is 5.15 Å². The number of tetrazole rings is 1. The number of amides is 3. The number of hydrogen-bond donors (Lipinski definition) is 3. The molecule has 2 aromatic heterocycles. The summed E-state index contributed by atoms with van der Waals surface area (Å²) in [7, 11) is 3.21. The maximum atomic E-state index is 13.1. The molecule has 0 aliphatic carbocycles. The Morgan fingerprint density at radius 3 is 2.49 bits per heavy atom. The summed E-state index contributed by atoms with van der Waals surface area (Å²) in [5.41, 5.74) is 2.94. The molecule has 1 atom stereocenters. The molecule has 0 radical (unpaired) electrons. The van der Waals surface area contributed by atoms with Gasteiger partial charge in [-0.2, -0.15) is 4.68 Å². The normalized spacial score (nSPS) is 11.7. The van der Waals surface area contributed by atoms with Crippen molar-refractivity contribution in [3.8, 4) is 16.9 Å². The molecule has 41 heavy (non-hydrogen) atoms. The van der Waals surface area contributed by atoms with E-state index >= 15 is 0 Å². The van der Waals surface area contributed by atoms with Gasteiger partial charge in [0.2, 0.25) is 11.8 Å². The van der Waals surface area contributed by atoms with E-state index in [-0.39, 0.29) is 17.5 Å². The average Bonchev–Trinajstić information content (AvgIpc) is 3.47. The Hall–Kier alpha value is -4.88. The number of hydrogen-bond acceptors (Lipinski definition) is 8. The van der Waals surface area contributed by atoms with E-state index in [9.17, 15) is 14.4 Å². The maximum Gasteiger partial charge on any atom is 0.409 e. The molecule has 210 valence electrons. The van der Waals surface area contributed by atoms with Gasteiger partial charge in [-0.05, 0) is 52.9 Å². The fourth-order valence-electron chi connectivity index (χ4n) is 3.74. The number of rotatable bonds is 9. The fraction of sp³-hybridized carbons (Fsp3) is 0.154. The van der Waals surface area contributed by atoms with Crippen LogP contribution in [0.5, 0.6) is 0 Å². The highest BCUT2D eigenvalue weighted by Crippen LogP contribution is 2.29. The Bertz CT molecular complexity index is 1590. The first-order valence-corrected chi connectivity index (χ1v) is 12.7. The van der Waals surface area contributed by atoms with Crippen LogP contribution in [0, 0.1) is 0 Å². The van der Waals surface area contributed by atoms with Crippen molar-refractivity contribution >= 4 is 52.9 Å². The number of nitrogens with one attached hydrogen (secondary N) is 2. The molecule has 0 fully saturated rings. The van der Waals surface area contributed by atoms with Crippen molar-refractivity contribution in [3.05, 3.63) is 82.2 Å². The van der Waals surface area contributed by atoms with Crippen molar-refractivity contribution in [3.63, 3.8) is 0 Å². The lowest BCUT2D eigenvalue weighted by Crippen LogP contribution is -2.33. The van der Waals surface area contributed by atoms with Crippen LogP contribution >= 0.6 is 23.2 Å². The van der Waals surface area contributed by atoms with Gasteiger partial charge in [0, 0.05) is 47.6 Å². The zero-order valence-electron chi connectivity index (χ0n) is 21.7. The first-order chi connectivity index (χ1) is 19.6. The second-order valence-corrected chi connectivity index (χ2v) is 9.62. The van der Waals surface area contributed by atoms with Crippen LogP contribution in [0.4, 0.5) is 10.5 Å². The Morgan fingerprint density at radius 1 is 1.07 bits per heavy atom. The van der Waals surface area contributed by atoms with Gasteiger partial charge in [-0.3, -0.25) is 14.9 Å². The number of carbonyl (C=O) groups excluding carboxylic acids is 2. The van der Waals surface area contributed by atoms with E-state index in [0.717, 1.165) is 0 Å². The van der Waals surface area contributed by atoms with E-state index in [1.165, 1.54) is 22.0 Å². The zero-order valence-corrected chi connectivity index (χ0v) is 23.2. The molecule has 2 heterocycles. The van der Waals surface area contributed by atoms with Gasteiger partial charge in [-0.1, -0.05) is 35.3 Å². The summed E-state index contributed by atoms with van der Waals surface area (Å²) in [4.78, 5) is 38.1. The van der Waals surface area contributed by atoms with Gasteiger partial charge >= 0.3 is 6.09 Å². The summed E-state index contributed by atoms with van der Waals surface area (Å²) in [6, 6.07) is 12.3. The van der Waals surface area contributed by atoms with E-state index in [1.807, 2.05) is 0 Å². The van der Waals surface area contributed by atoms with Gasteiger partial charge in [0.05, 0.1) is 23.8 Å². The second-order valence-electron chi connectivity index (χ2n) is 8.83. The molecule has 0 aliphatic heterocycles. The minimum atomic E-state index is -1.19. The van der Waals surface area contributed by atoms with Crippen LogP contribution in [0.1, 0.15) is 23.6 Å². The molecule has 13 nitrogen and oxygen atoms in total. The van der Waals surface area contributed by atoms with Crippen molar-refractivity contribution in [2.24, 2.45) is 0 Å². The molecule has 3 amide bonds. The Kier molecular flexibility index (Phi) is 9.22. The van der Waals surface area contributed by atoms with Crippen molar-refractivity contribution in [2.45, 2.75) is 12.5 Å². The van der Waals surface area contributed by atoms with E-state index in [2.05, 4.69) is 36.4 Å². The van der Waals surface area contributed by atoms with Gasteiger partial charge < -0.3 is 15.3 Å². The summed E-state index contributed by atoms with van der Waals surface area (Å²) in [5, 5.41) is 33.7. The summed E-state index contributed by atoms with van der Waals surface area (Å²) in [6.45, 7) is 0. The first kappa shape index (κ1) is 29.1. The predicted molar refractivity (Wildman–Crippen MR) is 152 cm³/mol. The van der Waals surface area contributed by atoms with Crippen LogP contribution < -0.4 is 10.6 Å². The highest BCUT2D eigenvalue weighted by atomic mass is 35.5. The quantitative estimate of drug-likeness (QED) is 0.243. The smallest absolute Gasteiger partial charge is 0.409 e. The molecule has 0 spiro atoms. The van der Waals surface area contributed by atoms with Crippen LogP contribution in [-0.4, -0.2) is 72.4 Å². The van der Waals surface area contributed by atoms with Crippen molar-refractivity contribution < 1.29 is 19.5 Å². The Labute approximate surface area is 243 Å². The second kappa shape index (κ2) is 13.0. The molecule has 3 N–H and O–H groups in total. The third-order valence-corrected chi connectivity index (χ3v) is 6.31. The number of halogens is 2. The molecule has 0 bridgehead atoms. The molecule has 15 heteroatoms. The van der Waals surface area contributed by atoms with Crippen LogP contribution in [0.2, 0.25) is 10.2 Å². The lowest BCUT2D eigenvalue weighted by molar-refractivity contribution is -0.129. The van der Waals surface area contributed by atoms with Crippen molar-refractivity contribution in [1.29, 1.82) is 0 Å². The standard InChI is InChI=1S/C26H23Cl2N9O4/c1-36(2)24(39)13-21(19-12-20(32-33-25(19)28)15-3-7-18(8-4-15)30-26(40)41)31-23(38)10-5-16-11-17(27)6-9-22(16)37-14-29-34-35-37/h3-12,14,21,30H,13H2,1-2H3,(H,31,38)(H,40,41). The van der Waals surface area contributed by atoms with Crippen LogP contribution in [0.25, 0.3) is 23.0 Å². The van der Waals surface area contributed by atoms with E-state index < -0.39 is 18.0 Å². The summed E-state index contributed by atoms with van der Waals surface area (Å²) < 4.78 is 1.43. The molecule has 0 saturated heterocycles. The number of nitrogens with zero attached hydrogens (tertiary/aromatic N) is 7. The summed E-state index contributed by atoms with van der Waals surface area (Å²) in [5.74, 6) is -0.767. The predicted octanol–water partition coefficient (Wildman–Crippen LogP) is 3.87. The molecule has 1 unspecified atom stereocenters. The molecule has 2 aromatic carbocycles. The zero-order chi connectivity index (χ0) is 29.5. The highest BCUT2D eigenvalue weighted by molar-refractivity contribution is 6.31. The van der Waals surface area contributed by atoms with Crippen LogP contribution in [0.3, 0.4) is 0 Å². The maximum absolute atomic E-state index is 13.1. The molecule has 4 rings (SSSR count). The molecule has 0 saturated carbocycles. The third-order valence-electron chi connectivity index (χ3n) is 5.78.